The highest BCUT2D eigenvalue weighted by Gasteiger charge is 2.29. The zero-order chi connectivity index (χ0) is 18.7. The van der Waals surface area contributed by atoms with Gasteiger partial charge < -0.3 is 14.8 Å². The Morgan fingerprint density at radius 3 is 2.23 bits per heavy atom. The minimum atomic E-state index is -1.38. The Hall–Kier alpha value is -2.66. The first-order chi connectivity index (χ1) is 12.5. The first kappa shape index (κ1) is 18.1. The van der Waals surface area contributed by atoms with Crippen LogP contribution in [0.2, 0.25) is 5.02 Å². The first-order valence-corrected chi connectivity index (χ1v) is 8.74. The standard InChI is InChI=1S/C20H18ClNO4/c21-15-5-3-4-14(12-15)18(23)13-8-10-22(11-9-13)19(24)16-6-1-2-7-17(16)20(25)26/h1-7,12-13H,8-11H2,(H,25,26)/p-1. The van der Waals surface area contributed by atoms with Gasteiger partial charge in [0.1, 0.15) is 0 Å². The van der Waals surface area contributed by atoms with E-state index in [1.807, 2.05) is 0 Å². The van der Waals surface area contributed by atoms with Crippen LogP contribution in [0.4, 0.5) is 0 Å². The predicted molar refractivity (Wildman–Crippen MR) is 95.2 cm³/mol. The number of carboxylic acid groups (broad SMARTS) is 1. The van der Waals surface area contributed by atoms with Crippen LogP contribution >= 0.6 is 11.6 Å². The third-order valence-corrected chi connectivity index (χ3v) is 4.87. The molecule has 26 heavy (non-hydrogen) atoms. The Morgan fingerprint density at radius 1 is 0.962 bits per heavy atom. The molecule has 1 fully saturated rings. The average molecular weight is 371 g/mol. The van der Waals surface area contributed by atoms with E-state index < -0.39 is 5.97 Å². The SMILES string of the molecule is O=C([O-])c1ccccc1C(=O)N1CCC(C(=O)c2cccc(Cl)c2)CC1. The van der Waals surface area contributed by atoms with Crippen LogP contribution in [0.25, 0.3) is 0 Å². The number of carboxylic acids is 1. The second-order valence-electron chi connectivity index (χ2n) is 6.27. The Morgan fingerprint density at radius 2 is 1.62 bits per heavy atom. The summed E-state index contributed by atoms with van der Waals surface area (Å²) < 4.78 is 0. The van der Waals surface area contributed by atoms with Gasteiger partial charge in [0, 0.05) is 40.7 Å². The smallest absolute Gasteiger partial charge is 0.254 e. The monoisotopic (exact) mass is 370 g/mol. The summed E-state index contributed by atoms with van der Waals surface area (Å²) in [7, 11) is 0. The number of benzene rings is 2. The molecule has 1 aliphatic rings. The van der Waals surface area contributed by atoms with Crippen molar-refractivity contribution in [3.63, 3.8) is 0 Å². The molecule has 0 aliphatic carbocycles. The molecule has 2 aromatic rings. The highest BCUT2D eigenvalue weighted by Crippen LogP contribution is 2.24. The number of rotatable bonds is 4. The van der Waals surface area contributed by atoms with Gasteiger partial charge in [-0.1, -0.05) is 41.9 Å². The number of hydrogen-bond donors (Lipinski definition) is 0. The van der Waals surface area contributed by atoms with Crippen molar-refractivity contribution in [2.75, 3.05) is 13.1 Å². The third kappa shape index (κ3) is 3.78. The number of hydrogen-bond acceptors (Lipinski definition) is 4. The Bertz CT molecular complexity index is 856. The average Bonchev–Trinajstić information content (AvgIpc) is 2.67. The summed E-state index contributed by atoms with van der Waals surface area (Å²) >= 11 is 5.94. The van der Waals surface area contributed by atoms with E-state index in [9.17, 15) is 19.5 Å². The number of aromatic carboxylic acids is 1. The Labute approximate surface area is 156 Å². The summed E-state index contributed by atoms with van der Waals surface area (Å²) in [5.74, 6) is -1.87. The van der Waals surface area contributed by atoms with Gasteiger partial charge >= 0.3 is 0 Å². The van der Waals surface area contributed by atoms with Gasteiger partial charge in [-0.15, -0.1) is 0 Å². The third-order valence-electron chi connectivity index (χ3n) is 4.64. The van der Waals surface area contributed by atoms with Crippen LogP contribution in [0.5, 0.6) is 0 Å². The summed E-state index contributed by atoms with van der Waals surface area (Å²) in [5, 5.41) is 11.7. The highest BCUT2D eigenvalue weighted by atomic mass is 35.5. The van der Waals surface area contributed by atoms with E-state index in [2.05, 4.69) is 0 Å². The molecule has 1 aliphatic heterocycles. The van der Waals surface area contributed by atoms with E-state index in [0.717, 1.165) is 0 Å². The minimum Gasteiger partial charge on any atom is -0.545 e. The summed E-state index contributed by atoms with van der Waals surface area (Å²) in [4.78, 5) is 38.0. The fourth-order valence-electron chi connectivity index (χ4n) is 3.24. The molecule has 1 heterocycles. The van der Waals surface area contributed by atoms with Gasteiger partial charge in [0.05, 0.1) is 5.97 Å². The lowest BCUT2D eigenvalue weighted by Crippen LogP contribution is -2.41. The molecule has 2 aromatic carbocycles. The van der Waals surface area contributed by atoms with Crippen LogP contribution in [0, 0.1) is 5.92 Å². The quantitative estimate of drug-likeness (QED) is 0.774. The summed E-state index contributed by atoms with van der Waals surface area (Å²) in [6.45, 7) is 0.800. The van der Waals surface area contributed by atoms with E-state index in [1.54, 1.807) is 41.3 Å². The predicted octanol–water partition coefficient (Wildman–Crippen LogP) is 2.44. The topological polar surface area (TPSA) is 77.5 Å². The first-order valence-electron chi connectivity index (χ1n) is 8.37. The van der Waals surface area contributed by atoms with Gasteiger partial charge in [0.25, 0.3) is 5.91 Å². The zero-order valence-electron chi connectivity index (χ0n) is 14.0. The molecule has 0 aromatic heterocycles. The van der Waals surface area contributed by atoms with E-state index >= 15 is 0 Å². The summed E-state index contributed by atoms with van der Waals surface area (Å²) in [6.07, 6.45) is 1.06. The van der Waals surface area contributed by atoms with Crippen LogP contribution in [-0.4, -0.2) is 35.6 Å². The maximum absolute atomic E-state index is 12.6. The van der Waals surface area contributed by atoms with Crippen molar-refractivity contribution in [1.29, 1.82) is 0 Å². The second-order valence-corrected chi connectivity index (χ2v) is 6.71. The molecule has 0 unspecified atom stereocenters. The molecule has 0 saturated carbocycles. The molecule has 134 valence electrons. The van der Waals surface area contributed by atoms with Crippen LogP contribution in [0.1, 0.15) is 43.9 Å². The number of nitrogens with zero attached hydrogens (tertiary/aromatic N) is 1. The number of halogens is 1. The number of carbonyl (C=O) groups excluding carboxylic acids is 3. The van der Waals surface area contributed by atoms with Gasteiger partial charge in [-0.05, 0) is 31.0 Å². The Kier molecular flexibility index (Phi) is 5.38. The lowest BCUT2D eigenvalue weighted by molar-refractivity contribution is -0.255. The van der Waals surface area contributed by atoms with Gasteiger partial charge in [-0.25, -0.2) is 0 Å². The van der Waals surface area contributed by atoms with Crippen molar-refractivity contribution in [3.05, 3.63) is 70.2 Å². The maximum Gasteiger partial charge on any atom is 0.254 e. The lowest BCUT2D eigenvalue weighted by atomic mass is 9.88. The van der Waals surface area contributed by atoms with Crippen molar-refractivity contribution in [2.45, 2.75) is 12.8 Å². The molecule has 0 radical (unpaired) electrons. The summed E-state index contributed by atoms with van der Waals surface area (Å²) in [5.41, 5.74) is 0.575. The van der Waals surface area contributed by atoms with Crippen LogP contribution in [0.3, 0.4) is 0 Å². The normalized spacial score (nSPS) is 14.9. The number of piperidine rings is 1. The largest absolute Gasteiger partial charge is 0.545 e. The van der Waals surface area contributed by atoms with Crippen molar-refractivity contribution in [2.24, 2.45) is 5.92 Å². The number of likely N-dealkylation sites (tertiary alicyclic amines) is 1. The number of carbonyl (C=O) groups is 3. The van der Waals surface area contributed by atoms with Crippen molar-refractivity contribution < 1.29 is 19.5 Å². The molecule has 6 heteroatoms. The molecule has 5 nitrogen and oxygen atoms in total. The van der Waals surface area contributed by atoms with Gasteiger partial charge in [0.15, 0.2) is 5.78 Å². The van der Waals surface area contributed by atoms with Crippen molar-refractivity contribution in [3.8, 4) is 0 Å². The van der Waals surface area contributed by atoms with Crippen LogP contribution in [0.15, 0.2) is 48.5 Å². The second kappa shape index (κ2) is 7.70. The molecular weight excluding hydrogens is 354 g/mol. The van der Waals surface area contributed by atoms with Crippen molar-refractivity contribution in [1.82, 2.24) is 4.90 Å². The van der Waals surface area contributed by atoms with Gasteiger partial charge in [0.2, 0.25) is 0 Å². The van der Waals surface area contributed by atoms with Crippen molar-refractivity contribution >= 4 is 29.3 Å². The van der Waals surface area contributed by atoms with Crippen LogP contribution in [-0.2, 0) is 0 Å². The maximum atomic E-state index is 12.6. The number of ketones is 1. The van der Waals surface area contributed by atoms with E-state index in [4.69, 9.17) is 11.6 Å². The highest BCUT2D eigenvalue weighted by molar-refractivity contribution is 6.31. The fourth-order valence-corrected chi connectivity index (χ4v) is 3.43. The fraction of sp³-hybridized carbons (Fsp3) is 0.250. The van der Waals surface area contributed by atoms with E-state index in [0.29, 0.717) is 36.5 Å². The lowest BCUT2D eigenvalue weighted by Gasteiger charge is -2.32. The van der Waals surface area contributed by atoms with E-state index in [-0.39, 0.29) is 28.7 Å². The molecule has 0 atom stereocenters. The zero-order valence-corrected chi connectivity index (χ0v) is 14.7. The molecule has 0 spiro atoms. The van der Waals surface area contributed by atoms with E-state index in [1.165, 1.54) is 12.1 Å². The molecule has 1 saturated heterocycles. The molecular formula is C20H17ClNO4-. The number of amides is 1. The minimum absolute atomic E-state index is 0.0229. The van der Waals surface area contributed by atoms with Gasteiger partial charge in [-0.2, -0.15) is 0 Å². The molecule has 3 rings (SSSR count). The van der Waals surface area contributed by atoms with Gasteiger partial charge in [-0.3, -0.25) is 9.59 Å². The van der Waals surface area contributed by atoms with Crippen LogP contribution < -0.4 is 5.11 Å². The molecule has 0 bridgehead atoms. The Balaban J connectivity index is 1.68. The molecule has 1 amide bonds. The number of Topliss-reactive ketones (excluding diaryl/α,β-unsaturated/α-hetero) is 1. The summed E-state index contributed by atoms with van der Waals surface area (Å²) in [6, 6.07) is 12.9. The molecule has 0 N–H and O–H groups in total.